The number of nitriles is 1. The van der Waals surface area contributed by atoms with E-state index < -0.39 is 0 Å². The maximum Gasteiger partial charge on any atom is 0.236 e. The number of hydrogen-bond donors (Lipinski definition) is 0. The molecule has 3 rings (SSSR count). The van der Waals surface area contributed by atoms with Gasteiger partial charge in [-0.05, 0) is 31.1 Å². The van der Waals surface area contributed by atoms with Gasteiger partial charge in [-0.1, -0.05) is 0 Å². The highest BCUT2D eigenvalue weighted by Crippen LogP contribution is 2.37. The van der Waals surface area contributed by atoms with Crippen LogP contribution in [-0.2, 0) is 0 Å². The number of hydrogen-bond acceptors (Lipinski definition) is 5. The van der Waals surface area contributed by atoms with Crippen molar-refractivity contribution in [3.8, 4) is 6.07 Å². The van der Waals surface area contributed by atoms with Crippen molar-refractivity contribution >= 4 is 5.95 Å². The van der Waals surface area contributed by atoms with Gasteiger partial charge in [-0.25, -0.2) is 9.97 Å². The van der Waals surface area contributed by atoms with E-state index >= 15 is 0 Å². The highest BCUT2D eigenvalue weighted by Gasteiger charge is 2.33. The summed E-state index contributed by atoms with van der Waals surface area (Å²) in [4.78, 5) is 14.3. The number of aromatic nitrogens is 3. The molecule has 2 heterocycles. The second-order valence-electron chi connectivity index (χ2n) is 4.67. The van der Waals surface area contributed by atoms with Crippen molar-refractivity contribution in [2.24, 2.45) is 11.8 Å². The number of rotatable bonds is 1. The van der Waals surface area contributed by atoms with Crippen LogP contribution in [0.5, 0.6) is 0 Å². The van der Waals surface area contributed by atoms with Crippen LogP contribution >= 0.6 is 0 Å². The predicted octanol–water partition coefficient (Wildman–Crippen LogP) is 0.980. The molecule has 2 aliphatic rings. The van der Waals surface area contributed by atoms with Crippen LogP contribution in [0.1, 0.15) is 25.1 Å². The molecule has 2 fully saturated rings. The summed E-state index contributed by atoms with van der Waals surface area (Å²) in [5, 5.41) is 8.76. The lowest BCUT2D eigenvalue weighted by molar-refractivity contribution is 0.416. The summed E-state index contributed by atoms with van der Waals surface area (Å²) >= 11 is 0. The van der Waals surface area contributed by atoms with Crippen molar-refractivity contribution in [3.63, 3.8) is 0 Å². The first-order chi connectivity index (χ1) is 7.85. The first-order valence-electron chi connectivity index (χ1n) is 5.69. The Labute approximate surface area is 94.2 Å². The second-order valence-corrected chi connectivity index (χ2v) is 4.67. The molecule has 2 unspecified atom stereocenters. The molecule has 1 aliphatic carbocycles. The molecule has 1 aromatic heterocycles. The largest absolute Gasteiger partial charge is 0.340 e. The molecule has 1 saturated carbocycles. The first-order valence-corrected chi connectivity index (χ1v) is 5.69. The summed E-state index contributed by atoms with van der Waals surface area (Å²) in [6.45, 7) is 2.07. The minimum atomic E-state index is 0.211. The van der Waals surface area contributed by atoms with Crippen LogP contribution < -0.4 is 4.90 Å². The van der Waals surface area contributed by atoms with Gasteiger partial charge in [0.05, 0.1) is 0 Å². The average molecular weight is 215 g/mol. The Morgan fingerprint density at radius 3 is 2.69 bits per heavy atom. The fourth-order valence-electron chi connectivity index (χ4n) is 2.87. The van der Waals surface area contributed by atoms with E-state index in [4.69, 9.17) is 5.26 Å². The summed E-state index contributed by atoms with van der Waals surface area (Å²) in [5.41, 5.74) is 0. The number of anilines is 1. The van der Waals surface area contributed by atoms with Gasteiger partial charge in [-0.2, -0.15) is 10.2 Å². The molecule has 16 heavy (non-hydrogen) atoms. The summed E-state index contributed by atoms with van der Waals surface area (Å²) in [7, 11) is 0. The molecular weight excluding hydrogens is 202 g/mol. The lowest BCUT2D eigenvalue weighted by Crippen LogP contribution is -2.37. The zero-order valence-corrected chi connectivity index (χ0v) is 9.00. The standard InChI is InChI=1S/C11H13N5/c12-4-10-13-7-14-11(15-10)16-5-8-1-2-9(3-8)6-16/h7-9H,1-3,5-6H2. The highest BCUT2D eigenvalue weighted by atomic mass is 15.3. The number of fused-ring (bicyclic) bond motifs is 2. The summed E-state index contributed by atoms with van der Waals surface area (Å²) in [5.74, 6) is 2.47. The van der Waals surface area contributed by atoms with Gasteiger partial charge in [0.2, 0.25) is 11.8 Å². The number of nitrogens with zero attached hydrogens (tertiary/aromatic N) is 5. The topological polar surface area (TPSA) is 65.7 Å². The quantitative estimate of drug-likeness (QED) is 0.698. The van der Waals surface area contributed by atoms with E-state index in [2.05, 4.69) is 19.9 Å². The van der Waals surface area contributed by atoms with Gasteiger partial charge in [-0.15, -0.1) is 0 Å². The molecule has 0 amide bonds. The monoisotopic (exact) mass is 215 g/mol. The van der Waals surface area contributed by atoms with E-state index in [1.54, 1.807) is 0 Å². The van der Waals surface area contributed by atoms with Crippen molar-refractivity contribution in [1.82, 2.24) is 15.0 Å². The normalized spacial score (nSPS) is 27.8. The third-order valence-electron chi connectivity index (χ3n) is 3.55. The summed E-state index contributed by atoms with van der Waals surface area (Å²) in [6, 6.07) is 1.96. The van der Waals surface area contributed by atoms with Crippen LogP contribution in [0.2, 0.25) is 0 Å². The molecule has 1 saturated heterocycles. The molecule has 2 atom stereocenters. The maximum atomic E-state index is 8.76. The Kier molecular flexibility index (Phi) is 2.21. The van der Waals surface area contributed by atoms with Gasteiger partial charge in [0.1, 0.15) is 12.4 Å². The molecule has 5 heteroatoms. The fourth-order valence-corrected chi connectivity index (χ4v) is 2.87. The molecule has 5 nitrogen and oxygen atoms in total. The van der Waals surface area contributed by atoms with Crippen molar-refractivity contribution < 1.29 is 0 Å². The van der Waals surface area contributed by atoms with Gasteiger partial charge in [0.25, 0.3) is 0 Å². The lowest BCUT2D eigenvalue weighted by Gasteiger charge is -2.31. The molecule has 0 radical (unpaired) electrons. The second kappa shape index (κ2) is 3.71. The Bertz CT molecular complexity index is 426. The van der Waals surface area contributed by atoms with E-state index in [9.17, 15) is 0 Å². The highest BCUT2D eigenvalue weighted by molar-refractivity contribution is 5.32. The molecule has 1 aliphatic heterocycles. The van der Waals surface area contributed by atoms with E-state index in [1.165, 1.54) is 25.6 Å². The van der Waals surface area contributed by atoms with Crippen LogP contribution in [0.25, 0.3) is 0 Å². The van der Waals surface area contributed by atoms with Gasteiger partial charge in [-0.3, -0.25) is 0 Å². The van der Waals surface area contributed by atoms with Crippen molar-refractivity contribution in [1.29, 1.82) is 5.26 Å². The smallest absolute Gasteiger partial charge is 0.236 e. The minimum absolute atomic E-state index is 0.211. The van der Waals surface area contributed by atoms with Gasteiger partial charge >= 0.3 is 0 Å². The van der Waals surface area contributed by atoms with E-state index in [-0.39, 0.29) is 5.82 Å². The molecule has 1 aromatic rings. The number of piperidine rings is 1. The Morgan fingerprint density at radius 1 is 1.25 bits per heavy atom. The van der Waals surface area contributed by atoms with Gasteiger partial charge in [0.15, 0.2) is 0 Å². The molecular formula is C11H13N5. The minimum Gasteiger partial charge on any atom is -0.340 e. The van der Waals surface area contributed by atoms with Crippen molar-refractivity contribution in [2.45, 2.75) is 19.3 Å². The van der Waals surface area contributed by atoms with Crippen LogP contribution in [0.4, 0.5) is 5.95 Å². The summed E-state index contributed by atoms with van der Waals surface area (Å²) in [6.07, 6.45) is 5.44. The fraction of sp³-hybridized carbons (Fsp3) is 0.636. The van der Waals surface area contributed by atoms with Crippen LogP contribution in [0, 0.1) is 23.2 Å². The molecule has 0 aromatic carbocycles. The van der Waals surface area contributed by atoms with Crippen molar-refractivity contribution in [2.75, 3.05) is 18.0 Å². The Morgan fingerprint density at radius 2 is 2.00 bits per heavy atom. The third-order valence-corrected chi connectivity index (χ3v) is 3.55. The van der Waals surface area contributed by atoms with E-state index in [0.29, 0.717) is 5.95 Å². The van der Waals surface area contributed by atoms with E-state index in [0.717, 1.165) is 24.9 Å². The van der Waals surface area contributed by atoms with E-state index in [1.807, 2.05) is 6.07 Å². The van der Waals surface area contributed by atoms with Crippen LogP contribution in [0.3, 0.4) is 0 Å². The van der Waals surface area contributed by atoms with Gasteiger partial charge < -0.3 is 4.90 Å². The maximum absolute atomic E-state index is 8.76. The SMILES string of the molecule is N#Cc1ncnc(N2CC3CCC(C3)C2)n1. The third kappa shape index (κ3) is 1.60. The first kappa shape index (κ1) is 9.52. The van der Waals surface area contributed by atoms with Crippen molar-refractivity contribution in [3.05, 3.63) is 12.2 Å². The zero-order valence-electron chi connectivity index (χ0n) is 9.00. The van der Waals surface area contributed by atoms with Crippen LogP contribution in [-0.4, -0.2) is 28.0 Å². The predicted molar refractivity (Wildman–Crippen MR) is 57.6 cm³/mol. The molecule has 2 bridgehead atoms. The Balaban J connectivity index is 1.84. The zero-order chi connectivity index (χ0) is 11.0. The molecule has 0 spiro atoms. The lowest BCUT2D eigenvalue weighted by atomic mass is 9.99. The van der Waals surface area contributed by atoms with Crippen LogP contribution in [0.15, 0.2) is 6.33 Å². The molecule has 82 valence electrons. The Hall–Kier alpha value is -1.70. The average Bonchev–Trinajstić information content (AvgIpc) is 2.68. The van der Waals surface area contributed by atoms with Gasteiger partial charge in [0, 0.05) is 13.1 Å². The molecule has 0 N–H and O–H groups in total. The summed E-state index contributed by atoms with van der Waals surface area (Å²) < 4.78 is 0.